The summed E-state index contributed by atoms with van der Waals surface area (Å²) in [6.07, 6.45) is 9.14. The van der Waals surface area contributed by atoms with Gasteiger partial charge in [-0.15, -0.1) is 0 Å². The van der Waals surface area contributed by atoms with Crippen LogP contribution in [0, 0.1) is 0 Å². The van der Waals surface area contributed by atoms with Crippen LogP contribution in [-0.4, -0.2) is 39.9 Å². The van der Waals surface area contributed by atoms with Crippen molar-refractivity contribution < 1.29 is 0 Å². The number of aryl methyl sites for hydroxylation is 1. The van der Waals surface area contributed by atoms with E-state index in [0.29, 0.717) is 5.82 Å². The standard InChI is InChI=1S/C22H16N8/c1-30-12-15(11-25-30)14-2-3-17-16(10-14)20(29-28-17)22-26-18-6-9-24-19(21(18)27-22)13-4-7-23-8-5-13/h2-12H,1H3,(H,26,27)(H,28,29). The van der Waals surface area contributed by atoms with E-state index in [2.05, 4.69) is 42.4 Å². The number of hydrogen-bond acceptors (Lipinski definition) is 5. The second-order valence-corrected chi connectivity index (χ2v) is 7.11. The average Bonchev–Trinajstić information content (AvgIpc) is 3.50. The largest absolute Gasteiger partial charge is 0.336 e. The lowest BCUT2D eigenvalue weighted by Gasteiger charge is -2.00. The molecule has 30 heavy (non-hydrogen) atoms. The number of aromatic nitrogens is 8. The van der Waals surface area contributed by atoms with Crippen LogP contribution in [0.25, 0.3) is 55.8 Å². The van der Waals surface area contributed by atoms with Crippen molar-refractivity contribution in [1.82, 2.24) is 39.9 Å². The van der Waals surface area contributed by atoms with Crippen molar-refractivity contribution in [1.29, 1.82) is 0 Å². The molecule has 0 fully saturated rings. The fourth-order valence-corrected chi connectivity index (χ4v) is 3.71. The molecule has 6 aromatic rings. The van der Waals surface area contributed by atoms with Gasteiger partial charge in [-0.05, 0) is 35.9 Å². The summed E-state index contributed by atoms with van der Waals surface area (Å²) >= 11 is 0. The van der Waals surface area contributed by atoms with E-state index in [1.165, 1.54) is 0 Å². The second-order valence-electron chi connectivity index (χ2n) is 7.11. The van der Waals surface area contributed by atoms with Crippen LogP contribution in [0.5, 0.6) is 0 Å². The monoisotopic (exact) mass is 392 g/mol. The van der Waals surface area contributed by atoms with Gasteiger partial charge in [-0.1, -0.05) is 6.07 Å². The number of benzene rings is 1. The quantitative estimate of drug-likeness (QED) is 0.475. The van der Waals surface area contributed by atoms with Crippen LogP contribution in [0.4, 0.5) is 0 Å². The first-order chi connectivity index (χ1) is 14.8. The minimum absolute atomic E-state index is 0.697. The van der Waals surface area contributed by atoms with Crippen molar-refractivity contribution in [3.05, 3.63) is 67.4 Å². The highest BCUT2D eigenvalue weighted by Gasteiger charge is 2.16. The summed E-state index contributed by atoms with van der Waals surface area (Å²) in [5.41, 5.74) is 7.35. The molecular formula is C22H16N8. The predicted octanol–water partition coefficient (Wildman–Crippen LogP) is 3.96. The number of fused-ring (bicyclic) bond motifs is 2. The highest BCUT2D eigenvalue weighted by Crippen LogP contribution is 2.32. The van der Waals surface area contributed by atoms with Crippen molar-refractivity contribution in [3.8, 4) is 33.9 Å². The molecule has 5 aromatic heterocycles. The summed E-state index contributed by atoms with van der Waals surface area (Å²) in [5.74, 6) is 0.697. The van der Waals surface area contributed by atoms with E-state index < -0.39 is 0 Å². The van der Waals surface area contributed by atoms with Gasteiger partial charge >= 0.3 is 0 Å². The number of nitrogens with one attached hydrogen (secondary N) is 2. The third-order valence-corrected chi connectivity index (χ3v) is 5.18. The van der Waals surface area contributed by atoms with Crippen LogP contribution in [0.3, 0.4) is 0 Å². The number of hydrogen-bond donors (Lipinski definition) is 2. The lowest BCUT2D eigenvalue weighted by atomic mass is 10.1. The summed E-state index contributed by atoms with van der Waals surface area (Å²) in [4.78, 5) is 16.9. The number of pyridine rings is 2. The molecule has 5 heterocycles. The van der Waals surface area contributed by atoms with Gasteiger partial charge in [0.2, 0.25) is 0 Å². The van der Waals surface area contributed by atoms with Crippen molar-refractivity contribution >= 4 is 21.9 Å². The van der Waals surface area contributed by atoms with Crippen molar-refractivity contribution in [2.75, 3.05) is 0 Å². The molecule has 6 rings (SSSR count). The molecule has 0 amide bonds. The number of rotatable bonds is 3. The van der Waals surface area contributed by atoms with Crippen molar-refractivity contribution in [3.63, 3.8) is 0 Å². The summed E-state index contributed by atoms with van der Waals surface area (Å²) in [6, 6.07) is 12.0. The van der Waals surface area contributed by atoms with Gasteiger partial charge < -0.3 is 4.98 Å². The van der Waals surface area contributed by atoms with Crippen molar-refractivity contribution in [2.24, 2.45) is 7.05 Å². The molecule has 0 aliphatic heterocycles. The fourth-order valence-electron chi connectivity index (χ4n) is 3.71. The topological polar surface area (TPSA) is 101 Å². The van der Waals surface area contributed by atoms with Gasteiger partial charge in [0.05, 0.1) is 22.9 Å². The van der Waals surface area contributed by atoms with E-state index in [0.717, 1.165) is 50.0 Å². The van der Waals surface area contributed by atoms with Crippen LogP contribution < -0.4 is 0 Å². The molecular weight excluding hydrogens is 376 g/mol. The summed E-state index contributed by atoms with van der Waals surface area (Å²) < 4.78 is 1.79. The molecule has 8 heteroatoms. The Labute approximate surface area is 170 Å². The lowest BCUT2D eigenvalue weighted by Crippen LogP contribution is -1.86. The second kappa shape index (κ2) is 6.35. The molecule has 0 spiro atoms. The zero-order valence-electron chi connectivity index (χ0n) is 16.0. The van der Waals surface area contributed by atoms with E-state index in [1.54, 1.807) is 23.3 Å². The molecule has 0 radical (unpaired) electrons. The van der Waals surface area contributed by atoms with E-state index in [4.69, 9.17) is 4.98 Å². The molecule has 0 aliphatic carbocycles. The third kappa shape index (κ3) is 2.58. The highest BCUT2D eigenvalue weighted by molar-refractivity contribution is 5.97. The number of H-pyrrole nitrogens is 2. The van der Waals surface area contributed by atoms with Crippen LogP contribution in [0.15, 0.2) is 67.4 Å². The molecule has 0 aliphatic rings. The summed E-state index contributed by atoms with van der Waals surface area (Å²) in [5, 5.41) is 12.9. The molecule has 2 N–H and O–H groups in total. The van der Waals surface area contributed by atoms with Gasteiger partial charge in [-0.25, -0.2) is 4.98 Å². The SMILES string of the molecule is Cn1cc(-c2ccc3[nH]nc(-c4nc5c(-c6ccncc6)nccc5[nH]4)c3c2)cn1. The van der Waals surface area contributed by atoms with Crippen LogP contribution in [0.2, 0.25) is 0 Å². The van der Waals surface area contributed by atoms with Crippen molar-refractivity contribution in [2.45, 2.75) is 0 Å². The van der Waals surface area contributed by atoms with Crippen LogP contribution in [-0.2, 0) is 7.05 Å². The average molecular weight is 392 g/mol. The Morgan fingerprint density at radius 3 is 2.60 bits per heavy atom. The molecule has 8 nitrogen and oxygen atoms in total. The number of aromatic amines is 2. The maximum Gasteiger partial charge on any atom is 0.159 e. The predicted molar refractivity (Wildman–Crippen MR) is 114 cm³/mol. The highest BCUT2D eigenvalue weighted by atomic mass is 15.2. The molecule has 0 bridgehead atoms. The Balaban J connectivity index is 1.52. The maximum absolute atomic E-state index is 4.85. The van der Waals surface area contributed by atoms with Crippen LogP contribution in [0.1, 0.15) is 0 Å². The zero-order chi connectivity index (χ0) is 20.1. The molecule has 0 saturated carbocycles. The van der Waals surface area contributed by atoms with Gasteiger partial charge in [0.25, 0.3) is 0 Å². The Morgan fingerprint density at radius 2 is 1.77 bits per heavy atom. The Morgan fingerprint density at radius 1 is 0.867 bits per heavy atom. The van der Waals surface area contributed by atoms with Crippen LogP contribution >= 0.6 is 0 Å². The molecule has 0 saturated heterocycles. The van der Waals surface area contributed by atoms with E-state index >= 15 is 0 Å². The zero-order valence-corrected chi connectivity index (χ0v) is 16.0. The fraction of sp³-hybridized carbons (Fsp3) is 0.0455. The first kappa shape index (κ1) is 16.6. The summed E-state index contributed by atoms with van der Waals surface area (Å²) in [6.45, 7) is 0. The molecule has 1 aromatic carbocycles. The summed E-state index contributed by atoms with van der Waals surface area (Å²) in [7, 11) is 1.91. The Hall–Kier alpha value is -4.33. The third-order valence-electron chi connectivity index (χ3n) is 5.18. The van der Waals surface area contributed by atoms with Gasteiger partial charge in [0.1, 0.15) is 11.2 Å². The van der Waals surface area contributed by atoms with Gasteiger partial charge in [0, 0.05) is 48.3 Å². The smallest absolute Gasteiger partial charge is 0.159 e. The lowest BCUT2D eigenvalue weighted by molar-refractivity contribution is 0.768. The molecule has 144 valence electrons. The van der Waals surface area contributed by atoms with Gasteiger partial charge in [-0.3, -0.25) is 19.7 Å². The first-order valence-electron chi connectivity index (χ1n) is 9.49. The minimum atomic E-state index is 0.697. The Bertz CT molecular complexity index is 1510. The molecule has 0 atom stereocenters. The van der Waals surface area contributed by atoms with Gasteiger partial charge in [-0.2, -0.15) is 10.2 Å². The molecule has 0 unspecified atom stereocenters. The number of imidazole rings is 1. The van der Waals surface area contributed by atoms with E-state index in [-0.39, 0.29) is 0 Å². The first-order valence-corrected chi connectivity index (χ1v) is 9.49. The normalized spacial score (nSPS) is 11.5. The van der Waals surface area contributed by atoms with E-state index in [1.807, 2.05) is 43.7 Å². The maximum atomic E-state index is 4.85. The Kier molecular flexibility index (Phi) is 3.51. The van der Waals surface area contributed by atoms with E-state index in [9.17, 15) is 0 Å². The number of nitrogens with zero attached hydrogens (tertiary/aromatic N) is 6. The minimum Gasteiger partial charge on any atom is -0.336 e. The van der Waals surface area contributed by atoms with Gasteiger partial charge in [0.15, 0.2) is 5.82 Å².